The number of halogens is 2. The van der Waals surface area contributed by atoms with Gasteiger partial charge in [0, 0.05) is 29.2 Å². The maximum absolute atomic E-state index is 14.8. The molecule has 1 amide bonds. The number of nitrogens with zero attached hydrogens (tertiary/aromatic N) is 1. The summed E-state index contributed by atoms with van der Waals surface area (Å²) in [6, 6.07) is 9.64. The van der Waals surface area contributed by atoms with Crippen molar-refractivity contribution in [2.45, 2.75) is 57.7 Å². The highest BCUT2D eigenvalue weighted by molar-refractivity contribution is 6.30. The number of carbonyl (C=O) groups excluding carboxylic acids is 2. The molecule has 0 bridgehead atoms. The largest absolute Gasteiger partial charge is 0.470 e. The number of benzene rings is 2. The highest BCUT2D eigenvalue weighted by Gasteiger charge is 2.45. The minimum Gasteiger partial charge on any atom is -0.470 e. The van der Waals surface area contributed by atoms with Gasteiger partial charge in [-0.2, -0.15) is 0 Å². The summed E-state index contributed by atoms with van der Waals surface area (Å²) in [5.74, 6) is 1.90. The maximum atomic E-state index is 14.8. The Kier molecular flexibility index (Phi) is 6.36. The summed E-state index contributed by atoms with van der Waals surface area (Å²) in [7, 11) is 0. The zero-order chi connectivity index (χ0) is 24.7. The number of hydrogen-bond donors (Lipinski definition) is 0. The van der Waals surface area contributed by atoms with Crippen molar-refractivity contribution >= 4 is 23.6 Å². The molecule has 0 saturated carbocycles. The first-order valence-electron chi connectivity index (χ1n) is 11.2. The van der Waals surface area contributed by atoms with Crippen LogP contribution in [0.2, 0.25) is 5.02 Å². The lowest BCUT2D eigenvalue weighted by Crippen LogP contribution is -2.42. The molecule has 1 unspecified atom stereocenters. The highest BCUT2D eigenvalue weighted by atomic mass is 35.5. The number of amides is 1. The predicted molar refractivity (Wildman–Crippen MR) is 125 cm³/mol. The zero-order valence-corrected chi connectivity index (χ0v) is 20.4. The topological polar surface area (TPSA) is 65.1 Å². The van der Waals surface area contributed by atoms with Crippen LogP contribution >= 0.6 is 11.6 Å². The molecule has 0 aromatic heterocycles. The van der Waals surface area contributed by atoms with E-state index < -0.39 is 17.0 Å². The quantitative estimate of drug-likeness (QED) is 0.486. The lowest BCUT2D eigenvalue weighted by atomic mass is 9.87. The summed E-state index contributed by atoms with van der Waals surface area (Å²) in [6.07, 6.45) is 1.07. The molecule has 0 radical (unpaired) electrons. The van der Waals surface area contributed by atoms with Gasteiger partial charge in [0.25, 0.3) is 0 Å². The molecule has 6 nitrogen and oxygen atoms in total. The molecule has 1 saturated heterocycles. The standard InChI is InChI=1S/C26H27ClFNO5/c1-25(2,3)34-24(31)29-12-10-16(11-13-29)18-6-5-7-21-23(18)33-26(4,22(15-30)32-21)19-9-8-17(27)14-20(19)28/h5-9,14,16H,10-13H2,1-4H3. The van der Waals surface area contributed by atoms with Crippen molar-refractivity contribution in [1.29, 1.82) is 0 Å². The Labute approximate surface area is 203 Å². The average molecular weight is 488 g/mol. The molecular weight excluding hydrogens is 461 g/mol. The SMILES string of the molecule is CC(C)(C)OC(=O)N1CCC(c2cccc3c2OC(C)(c2ccc(Cl)cc2F)C(=C=O)O3)CC1. The first kappa shape index (κ1) is 24.1. The van der Waals surface area contributed by atoms with Gasteiger partial charge in [-0.15, -0.1) is 0 Å². The fourth-order valence-electron chi connectivity index (χ4n) is 4.37. The molecule has 2 heterocycles. The third kappa shape index (κ3) is 4.63. The molecule has 8 heteroatoms. The van der Waals surface area contributed by atoms with Crippen LogP contribution in [-0.2, 0) is 15.1 Å². The van der Waals surface area contributed by atoms with Crippen molar-refractivity contribution in [3.05, 3.63) is 64.1 Å². The van der Waals surface area contributed by atoms with Crippen LogP contribution in [0, 0.1) is 5.82 Å². The molecule has 0 aliphatic carbocycles. The van der Waals surface area contributed by atoms with Crippen molar-refractivity contribution in [2.75, 3.05) is 13.1 Å². The van der Waals surface area contributed by atoms with Crippen molar-refractivity contribution in [2.24, 2.45) is 0 Å². The van der Waals surface area contributed by atoms with E-state index in [0.29, 0.717) is 37.4 Å². The van der Waals surface area contributed by atoms with Crippen LogP contribution in [0.15, 0.2) is 42.2 Å². The second-order valence-corrected chi connectivity index (χ2v) is 10.1. The van der Waals surface area contributed by atoms with Gasteiger partial charge in [0.1, 0.15) is 11.4 Å². The smallest absolute Gasteiger partial charge is 0.410 e. The monoisotopic (exact) mass is 487 g/mol. The van der Waals surface area contributed by atoms with Crippen LogP contribution in [0.5, 0.6) is 11.5 Å². The number of fused-ring (bicyclic) bond motifs is 1. The van der Waals surface area contributed by atoms with E-state index in [2.05, 4.69) is 0 Å². The lowest BCUT2D eigenvalue weighted by molar-refractivity contribution is 0.0201. The minimum absolute atomic E-state index is 0.0818. The molecule has 2 aliphatic rings. The summed E-state index contributed by atoms with van der Waals surface area (Å²) < 4.78 is 32.5. The molecule has 4 rings (SSSR count). The van der Waals surface area contributed by atoms with Crippen molar-refractivity contribution in [3.63, 3.8) is 0 Å². The van der Waals surface area contributed by atoms with Gasteiger partial charge in [0.2, 0.25) is 11.4 Å². The van der Waals surface area contributed by atoms with Crippen LogP contribution in [0.3, 0.4) is 0 Å². The van der Waals surface area contributed by atoms with Crippen molar-refractivity contribution in [3.8, 4) is 11.5 Å². The Bertz CT molecular complexity index is 1160. The van der Waals surface area contributed by atoms with Gasteiger partial charge in [-0.05, 0) is 64.7 Å². The molecule has 2 aromatic carbocycles. The molecule has 180 valence electrons. The predicted octanol–water partition coefficient (Wildman–Crippen LogP) is 6.00. The van der Waals surface area contributed by atoms with E-state index in [1.807, 2.05) is 32.9 Å². The van der Waals surface area contributed by atoms with E-state index >= 15 is 0 Å². The van der Waals surface area contributed by atoms with E-state index in [-0.39, 0.29) is 28.4 Å². The van der Waals surface area contributed by atoms with Gasteiger partial charge in [0.05, 0.1) is 0 Å². The molecule has 1 fully saturated rings. The van der Waals surface area contributed by atoms with Crippen LogP contribution in [-0.4, -0.2) is 35.6 Å². The Morgan fingerprint density at radius 2 is 1.94 bits per heavy atom. The summed E-state index contributed by atoms with van der Waals surface area (Å²) in [6.45, 7) is 8.17. The summed E-state index contributed by atoms with van der Waals surface area (Å²) in [5.41, 5.74) is -1.07. The summed E-state index contributed by atoms with van der Waals surface area (Å²) in [5, 5.41) is 0.232. The summed E-state index contributed by atoms with van der Waals surface area (Å²) >= 11 is 5.92. The summed E-state index contributed by atoms with van der Waals surface area (Å²) in [4.78, 5) is 25.9. The number of piperidine rings is 1. The molecule has 0 N–H and O–H groups in total. The number of rotatable bonds is 2. The van der Waals surface area contributed by atoms with E-state index in [9.17, 15) is 14.0 Å². The first-order valence-corrected chi connectivity index (χ1v) is 11.6. The zero-order valence-electron chi connectivity index (χ0n) is 19.6. The van der Waals surface area contributed by atoms with Gasteiger partial charge in [-0.3, -0.25) is 0 Å². The van der Waals surface area contributed by atoms with Gasteiger partial charge in [-0.25, -0.2) is 14.0 Å². The Hall–Kier alpha value is -3.02. The van der Waals surface area contributed by atoms with Gasteiger partial charge >= 0.3 is 6.09 Å². The number of carbonyl (C=O) groups is 1. The van der Waals surface area contributed by atoms with E-state index in [1.54, 1.807) is 23.8 Å². The van der Waals surface area contributed by atoms with E-state index in [0.717, 1.165) is 5.56 Å². The number of ether oxygens (including phenoxy) is 3. The fourth-order valence-corrected chi connectivity index (χ4v) is 4.53. The first-order chi connectivity index (χ1) is 16.0. The normalized spacial score (nSPS) is 20.6. The van der Waals surface area contributed by atoms with Gasteiger partial charge in [0.15, 0.2) is 17.4 Å². The molecule has 1 atom stereocenters. The molecule has 34 heavy (non-hydrogen) atoms. The number of para-hydroxylation sites is 1. The lowest BCUT2D eigenvalue weighted by Gasteiger charge is -2.39. The van der Waals surface area contributed by atoms with Crippen LogP contribution in [0.25, 0.3) is 0 Å². The van der Waals surface area contributed by atoms with Crippen LogP contribution in [0.4, 0.5) is 9.18 Å². The third-order valence-electron chi connectivity index (χ3n) is 6.09. The minimum atomic E-state index is -1.52. The maximum Gasteiger partial charge on any atom is 0.410 e. The van der Waals surface area contributed by atoms with Gasteiger partial charge in [-0.1, -0.05) is 29.8 Å². The number of hydrogen-bond acceptors (Lipinski definition) is 5. The fraction of sp³-hybridized carbons (Fsp3) is 0.423. The Morgan fingerprint density at radius 1 is 1.24 bits per heavy atom. The molecule has 2 aromatic rings. The third-order valence-corrected chi connectivity index (χ3v) is 6.32. The number of likely N-dealkylation sites (tertiary alicyclic amines) is 1. The average Bonchev–Trinajstić information content (AvgIpc) is 2.77. The van der Waals surface area contributed by atoms with Crippen molar-refractivity contribution < 1.29 is 28.2 Å². The molecular formula is C26H27ClFNO5. The van der Waals surface area contributed by atoms with E-state index in [4.69, 9.17) is 25.8 Å². The van der Waals surface area contributed by atoms with E-state index in [1.165, 1.54) is 18.2 Å². The van der Waals surface area contributed by atoms with Crippen molar-refractivity contribution in [1.82, 2.24) is 4.90 Å². The molecule has 0 spiro atoms. The Balaban J connectivity index is 1.62. The highest BCUT2D eigenvalue weighted by Crippen LogP contribution is 2.49. The van der Waals surface area contributed by atoms with Crippen LogP contribution < -0.4 is 9.47 Å². The second-order valence-electron chi connectivity index (χ2n) is 9.71. The van der Waals surface area contributed by atoms with Crippen LogP contribution in [0.1, 0.15) is 57.6 Å². The van der Waals surface area contributed by atoms with Gasteiger partial charge < -0.3 is 19.1 Å². The molecule has 2 aliphatic heterocycles. The Morgan fingerprint density at radius 3 is 2.56 bits per heavy atom. The second kappa shape index (κ2) is 8.97.